The Hall–Kier alpha value is -4.10. The molecule has 1 spiro atoms. The molecule has 3 aliphatic rings. The fourth-order valence-corrected chi connectivity index (χ4v) is 6.34. The number of anilines is 1. The molecule has 1 saturated heterocycles. The highest BCUT2D eigenvalue weighted by molar-refractivity contribution is 5.87. The van der Waals surface area contributed by atoms with Crippen LogP contribution in [0, 0.1) is 11.6 Å². The van der Waals surface area contributed by atoms with Gasteiger partial charge in [-0.2, -0.15) is 13.2 Å². The highest BCUT2D eigenvalue weighted by Crippen LogP contribution is 2.43. The fourth-order valence-electron chi connectivity index (χ4n) is 6.34. The van der Waals surface area contributed by atoms with E-state index in [1.54, 1.807) is 17.2 Å². The third-order valence-electron chi connectivity index (χ3n) is 8.42. The van der Waals surface area contributed by atoms with Gasteiger partial charge in [-0.05, 0) is 36.6 Å². The number of piperidine rings is 1. The van der Waals surface area contributed by atoms with Gasteiger partial charge < -0.3 is 14.2 Å². The van der Waals surface area contributed by atoms with Crippen LogP contribution in [-0.4, -0.2) is 55.9 Å². The largest absolute Gasteiger partial charge is 0.437 e. The number of nitrogens with zero attached hydrogens (tertiary/aromatic N) is 5. The third-order valence-corrected chi connectivity index (χ3v) is 8.42. The number of likely N-dealkylation sites (tertiary alicyclic amines) is 1. The maximum Gasteiger partial charge on any atom is 0.413 e. The number of hydrogen-bond acceptors (Lipinski definition) is 6. The fraction of sp³-hybridized carbons (Fsp3) is 0.464. The number of amides is 2. The first-order valence-corrected chi connectivity index (χ1v) is 13.7. The number of benzene rings is 1. The molecule has 1 fully saturated rings. The van der Waals surface area contributed by atoms with E-state index < -0.39 is 47.8 Å². The minimum absolute atomic E-state index is 0.0466. The average molecular weight is 591 g/mol. The van der Waals surface area contributed by atoms with E-state index in [0.29, 0.717) is 31.5 Å². The normalized spacial score (nSPS) is 21.6. The van der Waals surface area contributed by atoms with Gasteiger partial charge in [0.1, 0.15) is 29.5 Å². The summed E-state index contributed by atoms with van der Waals surface area (Å²) >= 11 is 0. The summed E-state index contributed by atoms with van der Waals surface area (Å²) in [7, 11) is 0. The number of aromatic nitrogens is 4. The Bertz CT molecular complexity index is 1520. The number of hydrogen-bond donors (Lipinski definition) is 1. The van der Waals surface area contributed by atoms with E-state index >= 15 is 0 Å². The number of alkyl halides is 3. The summed E-state index contributed by atoms with van der Waals surface area (Å²) in [5.74, 6) is -3.22. The van der Waals surface area contributed by atoms with E-state index in [2.05, 4.69) is 20.5 Å². The number of halogens is 5. The number of ether oxygens (including phenoxy) is 1. The summed E-state index contributed by atoms with van der Waals surface area (Å²) in [6.07, 6.45) is -3.67. The lowest BCUT2D eigenvalue weighted by atomic mass is 9.83. The molecule has 0 saturated carbocycles. The maximum absolute atomic E-state index is 14.7. The predicted molar refractivity (Wildman–Crippen MR) is 137 cm³/mol. The molecule has 42 heavy (non-hydrogen) atoms. The predicted octanol–water partition coefficient (Wildman–Crippen LogP) is 5.19. The second kappa shape index (κ2) is 10.6. The zero-order chi connectivity index (χ0) is 29.6. The van der Waals surface area contributed by atoms with E-state index in [9.17, 15) is 31.5 Å². The Labute approximate surface area is 237 Å². The van der Waals surface area contributed by atoms with Crippen molar-refractivity contribution in [3.63, 3.8) is 0 Å². The van der Waals surface area contributed by atoms with Crippen molar-refractivity contribution < 1.29 is 36.3 Å². The zero-order valence-electron chi connectivity index (χ0n) is 22.3. The Balaban J connectivity index is 1.22. The van der Waals surface area contributed by atoms with Gasteiger partial charge >= 0.3 is 12.3 Å². The van der Waals surface area contributed by atoms with Crippen molar-refractivity contribution >= 4 is 17.8 Å². The molecule has 0 bridgehead atoms. The Morgan fingerprint density at radius 1 is 1.10 bits per heavy atom. The number of pyridine rings is 1. The Morgan fingerprint density at radius 2 is 1.88 bits per heavy atom. The van der Waals surface area contributed by atoms with Crippen LogP contribution in [0.5, 0.6) is 0 Å². The second-order valence-corrected chi connectivity index (χ2v) is 11.0. The van der Waals surface area contributed by atoms with Gasteiger partial charge in [0.15, 0.2) is 11.6 Å². The van der Waals surface area contributed by atoms with Gasteiger partial charge in [0.25, 0.3) is 0 Å². The number of fused-ring (bicyclic) bond motifs is 3. The molecular formula is C28H27F5N6O3. The highest BCUT2D eigenvalue weighted by Gasteiger charge is 2.46. The summed E-state index contributed by atoms with van der Waals surface area (Å²) in [6.45, 7) is 0.504. The number of carbonyl (C=O) groups is 2. The van der Waals surface area contributed by atoms with E-state index in [4.69, 9.17) is 4.74 Å². The standard InChI is InChI=1S/C28H27F5N6O3/c29-20-5-1-3-18(23(20)30)17-7-6-16(25-37-36-21(39(25)15-17)14-28(31,32)33)13-22(40)38-11-8-27(9-12-38)19-4-2-10-34-24(19)35-26(41)42-27/h1-5,10,16-17H,6-9,11-15H2,(H,34,35,41)/t16-,17+/m0/s1. The molecule has 9 nitrogen and oxygen atoms in total. The summed E-state index contributed by atoms with van der Waals surface area (Å²) in [6, 6.07) is 7.34. The van der Waals surface area contributed by atoms with Gasteiger partial charge in [-0.15, -0.1) is 10.2 Å². The van der Waals surface area contributed by atoms with Gasteiger partial charge in [-0.3, -0.25) is 10.1 Å². The minimum atomic E-state index is -4.56. The molecule has 1 N–H and O–H groups in total. The van der Waals surface area contributed by atoms with Gasteiger partial charge in [0, 0.05) is 62.5 Å². The van der Waals surface area contributed by atoms with E-state index in [1.165, 1.54) is 16.7 Å². The highest BCUT2D eigenvalue weighted by atomic mass is 19.4. The van der Waals surface area contributed by atoms with Crippen LogP contribution in [-0.2, 0) is 28.1 Å². The smallest absolute Gasteiger partial charge is 0.413 e. The van der Waals surface area contributed by atoms with Gasteiger partial charge in [0.05, 0.1) is 0 Å². The van der Waals surface area contributed by atoms with E-state index in [1.807, 2.05) is 6.07 Å². The van der Waals surface area contributed by atoms with Gasteiger partial charge in [0.2, 0.25) is 5.91 Å². The molecule has 2 amide bonds. The quantitative estimate of drug-likeness (QED) is 0.420. The first kappa shape index (κ1) is 28.0. The zero-order valence-corrected chi connectivity index (χ0v) is 22.3. The molecule has 3 aliphatic heterocycles. The van der Waals surface area contributed by atoms with Crippen molar-refractivity contribution in [2.45, 2.75) is 68.7 Å². The van der Waals surface area contributed by atoms with Crippen molar-refractivity contribution in [2.75, 3.05) is 18.4 Å². The van der Waals surface area contributed by atoms with Crippen LogP contribution in [0.2, 0.25) is 0 Å². The molecule has 1 aromatic carbocycles. The lowest BCUT2D eigenvalue weighted by Gasteiger charge is -2.43. The van der Waals surface area contributed by atoms with Gasteiger partial charge in [-0.1, -0.05) is 12.1 Å². The molecule has 14 heteroatoms. The van der Waals surface area contributed by atoms with Crippen LogP contribution in [0.4, 0.5) is 32.6 Å². The lowest BCUT2D eigenvalue weighted by Crippen LogP contribution is -2.50. The van der Waals surface area contributed by atoms with Crippen molar-refractivity contribution in [2.24, 2.45) is 0 Å². The first-order valence-electron chi connectivity index (χ1n) is 13.7. The van der Waals surface area contributed by atoms with Crippen molar-refractivity contribution in [1.29, 1.82) is 0 Å². The molecule has 2 atom stereocenters. The minimum Gasteiger partial charge on any atom is -0.437 e. The van der Waals surface area contributed by atoms with Crippen LogP contribution < -0.4 is 5.32 Å². The Morgan fingerprint density at radius 3 is 2.64 bits per heavy atom. The number of rotatable bonds is 4. The molecule has 0 aliphatic carbocycles. The lowest BCUT2D eigenvalue weighted by molar-refractivity contribution is -0.136. The number of nitrogens with one attached hydrogen (secondary N) is 1. The van der Waals surface area contributed by atoms with Crippen molar-refractivity contribution in [1.82, 2.24) is 24.6 Å². The molecule has 2 aromatic heterocycles. The molecule has 5 heterocycles. The summed E-state index contributed by atoms with van der Waals surface area (Å²) in [4.78, 5) is 31.6. The molecular weight excluding hydrogens is 563 g/mol. The summed E-state index contributed by atoms with van der Waals surface area (Å²) < 4.78 is 75.8. The molecule has 0 radical (unpaired) electrons. The van der Waals surface area contributed by atoms with Crippen LogP contribution in [0.3, 0.4) is 0 Å². The van der Waals surface area contributed by atoms with Crippen LogP contribution in [0.15, 0.2) is 36.5 Å². The molecule has 6 rings (SSSR count). The topological polar surface area (TPSA) is 102 Å². The first-order chi connectivity index (χ1) is 20.0. The molecule has 0 unspecified atom stereocenters. The van der Waals surface area contributed by atoms with Crippen LogP contribution in [0.25, 0.3) is 0 Å². The Kier molecular flexibility index (Phi) is 7.09. The van der Waals surface area contributed by atoms with Crippen LogP contribution >= 0.6 is 0 Å². The van der Waals surface area contributed by atoms with Crippen LogP contribution in [0.1, 0.15) is 66.7 Å². The SMILES string of the molecule is O=C1Nc2ncccc2C2(CCN(C(=O)C[C@@H]3CC[C@@H](c4cccc(F)c4F)Cn4c(CC(F)(F)F)nnc43)CC2)O1. The van der Waals surface area contributed by atoms with Gasteiger partial charge in [-0.25, -0.2) is 18.6 Å². The maximum atomic E-state index is 14.7. The van der Waals surface area contributed by atoms with Crippen molar-refractivity contribution in [3.8, 4) is 0 Å². The van der Waals surface area contributed by atoms with Crippen molar-refractivity contribution in [3.05, 3.63) is 70.9 Å². The third kappa shape index (κ3) is 5.29. The average Bonchev–Trinajstić information content (AvgIpc) is 3.22. The molecule has 3 aromatic rings. The summed E-state index contributed by atoms with van der Waals surface area (Å²) in [5.41, 5.74) is -0.117. The summed E-state index contributed by atoms with van der Waals surface area (Å²) in [5, 5.41) is 10.4. The van der Waals surface area contributed by atoms with E-state index in [-0.39, 0.29) is 49.2 Å². The van der Waals surface area contributed by atoms with E-state index in [0.717, 1.165) is 11.6 Å². The second-order valence-electron chi connectivity index (χ2n) is 11.0. The number of carbonyl (C=O) groups excluding carboxylic acids is 2. The molecule has 222 valence electrons. The monoisotopic (exact) mass is 590 g/mol.